The zero-order chi connectivity index (χ0) is 12.6. The third kappa shape index (κ3) is 2.57. The molecule has 0 bridgehead atoms. The van der Waals surface area contributed by atoms with Gasteiger partial charge in [-0.25, -0.2) is 4.39 Å². The Labute approximate surface area is 94.2 Å². The van der Waals surface area contributed by atoms with Gasteiger partial charge in [0, 0.05) is 17.9 Å². The van der Waals surface area contributed by atoms with E-state index in [1.807, 2.05) is 0 Å². The number of hydrogen-bond donors (Lipinski definition) is 0. The molecule has 1 saturated carbocycles. The molecule has 0 aromatic heterocycles. The zero-order valence-electron chi connectivity index (χ0n) is 8.55. The van der Waals surface area contributed by atoms with Crippen molar-refractivity contribution in [3.8, 4) is 5.75 Å². The van der Waals surface area contributed by atoms with Crippen LogP contribution in [0.1, 0.15) is 24.3 Å². The van der Waals surface area contributed by atoms with Crippen LogP contribution < -0.4 is 4.74 Å². The van der Waals surface area contributed by atoms with Crippen LogP contribution in [0, 0.1) is 5.82 Å². The minimum Gasteiger partial charge on any atom is -0.406 e. The molecule has 2 rings (SSSR count). The first-order valence-corrected chi connectivity index (χ1v) is 4.95. The van der Waals surface area contributed by atoms with E-state index in [1.54, 1.807) is 0 Å². The molecule has 0 aliphatic heterocycles. The SMILES string of the molecule is O=C1CCC1c1cc(OC(F)(F)F)ccc1F. The summed E-state index contributed by atoms with van der Waals surface area (Å²) in [5.41, 5.74) is -0.0250. The zero-order valence-corrected chi connectivity index (χ0v) is 8.55. The quantitative estimate of drug-likeness (QED) is 0.751. The first kappa shape index (κ1) is 11.9. The fourth-order valence-electron chi connectivity index (χ4n) is 1.72. The molecule has 0 saturated heterocycles. The first-order chi connectivity index (χ1) is 7.87. The molecule has 2 nitrogen and oxygen atoms in total. The lowest BCUT2D eigenvalue weighted by molar-refractivity contribution is -0.274. The Kier molecular flexibility index (Phi) is 2.81. The van der Waals surface area contributed by atoms with Crippen molar-refractivity contribution < 1.29 is 27.1 Å². The van der Waals surface area contributed by atoms with E-state index in [0.29, 0.717) is 12.8 Å². The van der Waals surface area contributed by atoms with Gasteiger partial charge in [0.15, 0.2) is 0 Å². The van der Waals surface area contributed by atoms with E-state index in [2.05, 4.69) is 4.74 Å². The Balaban J connectivity index is 2.26. The van der Waals surface area contributed by atoms with Crippen LogP contribution >= 0.6 is 0 Å². The summed E-state index contributed by atoms with van der Waals surface area (Å²) < 4.78 is 52.9. The van der Waals surface area contributed by atoms with E-state index < -0.39 is 23.8 Å². The van der Waals surface area contributed by atoms with Gasteiger partial charge < -0.3 is 4.74 Å². The van der Waals surface area contributed by atoms with Gasteiger partial charge in [0.1, 0.15) is 17.3 Å². The van der Waals surface area contributed by atoms with Crippen LogP contribution in [-0.4, -0.2) is 12.1 Å². The molecule has 1 aliphatic rings. The van der Waals surface area contributed by atoms with Crippen LogP contribution in [0.2, 0.25) is 0 Å². The van der Waals surface area contributed by atoms with Crippen LogP contribution in [0.4, 0.5) is 17.6 Å². The van der Waals surface area contributed by atoms with Crippen LogP contribution in [-0.2, 0) is 4.79 Å². The second kappa shape index (κ2) is 4.01. The number of hydrogen-bond acceptors (Lipinski definition) is 2. The molecular weight excluding hydrogens is 240 g/mol. The van der Waals surface area contributed by atoms with Gasteiger partial charge in [-0.2, -0.15) is 0 Å². The van der Waals surface area contributed by atoms with Crippen molar-refractivity contribution in [1.29, 1.82) is 0 Å². The molecule has 1 aromatic carbocycles. The highest BCUT2D eigenvalue weighted by Gasteiger charge is 2.34. The second-order valence-electron chi connectivity index (χ2n) is 3.79. The predicted octanol–water partition coefficient (Wildman–Crippen LogP) is 3.17. The average molecular weight is 248 g/mol. The Bertz CT molecular complexity index is 453. The number of benzene rings is 1. The summed E-state index contributed by atoms with van der Waals surface area (Å²) >= 11 is 0. The molecule has 0 radical (unpaired) electrons. The lowest BCUT2D eigenvalue weighted by Crippen LogP contribution is -2.24. The van der Waals surface area contributed by atoms with E-state index in [9.17, 15) is 22.4 Å². The van der Waals surface area contributed by atoms with E-state index in [0.717, 1.165) is 18.2 Å². The molecule has 0 N–H and O–H groups in total. The maximum atomic E-state index is 13.4. The molecule has 1 aliphatic carbocycles. The van der Waals surface area contributed by atoms with Crippen molar-refractivity contribution in [3.63, 3.8) is 0 Å². The van der Waals surface area contributed by atoms with Crippen molar-refractivity contribution in [2.24, 2.45) is 0 Å². The highest BCUT2D eigenvalue weighted by molar-refractivity contribution is 5.91. The third-order valence-electron chi connectivity index (χ3n) is 2.64. The van der Waals surface area contributed by atoms with Crippen molar-refractivity contribution in [1.82, 2.24) is 0 Å². The van der Waals surface area contributed by atoms with Gasteiger partial charge in [-0.1, -0.05) is 0 Å². The monoisotopic (exact) mass is 248 g/mol. The van der Waals surface area contributed by atoms with Crippen molar-refractivity contribution in [2.75, 3.05) is 0 Å². The van der Waals surface area contributed by atoms with E-state index in [4.69, 9.17) is 0 Å². The van der Waals surface area contributed by atoms with E-state index in [-0.39, 0.29) is 11.3 Å². The number of alkyl halides is 3. The molecule has 0 spiro atoms. The summed E-state index contributed by atoms with van der Waals surface area (Å²) in [6, 6.07) is 2.70. The molecule has 1 unspecified atom stereocenters. The van der Waals surface area contributed by atoms with Crippen LogP contribution in [0.25, 0.3) is 0 Å². The number of halogens is 4. The number of ether oxygens (including phenoxy) is 1. The lowest BCUT2D eigenvalue weighted by Gasteiger charge is -2.25. The molecule has 92 valence electrons. The topological polar surface area (TPSA) is 26.3 Å². The minimum atomic E-state index is -4.82. The highest BCUT2D eigenvalue weighted by atomic mass is 19.4. The van der Waals surface area contributed by atoms with Gasteiger partial charge in [-0.05, 0) is 24.6 Å². The summed E-state index contributed by atoms with van der Waals surface area (Å²) in [6.45, 7) is 0. The number of Topliss-reactive ketones (excluding diaryl/α,β-unsaturated/α-hetero) is 1. The number of ketones is 1. The largest absolute Gasteiger partial charge is 0.573 e. The summed E-state index contributed by atoms with van der Waals surface area (Å²) in [4.78, 5) is 11.2. The standard InChI is InChI=1S/C11H8F4O2/c12-9-3-1-6(17-11(13,14)15)5-8(9)7-2-4-10(7)16/h1,3,5,7H,2,4H2. The van der Waals surface area contributed by atoms with Gasteiger partial charge >= 0.3 is 6.36 Å². The molecule has 0 heterocycles. The molecule has 1 atom stereocenters. The Morgan fingerprint density at radius 2 is 2.00 bits per heavy atom. The minimum absolute atomic E-state index is 0.0250. The van der Waals surface area contributed by atoms with E-state index in [1.165, 1.54) is 0 Å². The van der Waals surface area contributed by atoms with Gasteiger partial charge in [-0.15, -0.1) is 13.2 Å². The Morgan fingerprint density at radius 1 is 1.29 bits per heavy atom. The highest BCUT2D eigenvalue weighted by Crippen LogP contribution is 2.36. The van der Waals surface area contributed by atoms with Crippen LogP contribution in [0.3, 0.4) is 0 Å². The molecule has 1 aromatic rings. The Morgan fingerprint density at radius 3 is 2.47 bits per heavy atom. The summed E-state index contributed by atoms with van der Waals surface area (Å²) in [7, 11) is 0. The normalized spacial score (nSPS) is 20.0. The van der Waals surface area contributed by atoms with Crippen LogP contribution in [0.5, 0.6) is 5.75 Å². The van der Waals surface area contributed by atoms with Crippen LogP contribution in [0.15, 0.2) is 18.2 Å². The number of rotatable bonds is 2. The van der Waals surface area contributed by atoms with Gasteiger partial charge in [0.25, 0.3) is 0 Å². The molecule has 17 heavy (non-hydrogen) atoms. The summed E-state index contributed by atoms with van der Waals surface area (Å²) in [6.07, 6.45) is -4.02. The molecule has 6 heteroatoms. The maximum Gasteiger partial charge on any atom is 0.573 e. The molecular formula is C11H8F4O2. The average Bonchev–Trinajstić information content (AvgIpc) is 2.18. The first-order valence-electron chi connectivity index (χ1n) is 4.95. The summed E-state index contributed by atoms with van der Waals surface area (Å²) in [5.74, 6) is -1.98. The fraction of sp³-hybridized carbons (Fsp3) is 0.364. The lowest BCUT2D eigenvalue weighted by atomic mass is 9.78. The smallest absolute Gasteiger partial charge is 0.406 e. The Hall–Kier alpha value is -1.59. The van der Waals surface area contributed by atoms with Crippen molar-refractivity contribution in [2.45, 2.75) is 25.1 Å². The molecule has 0 amide bonds. The van der Waals surface area contributed by atoms with E-state index >= 15 is 0 Å². The fourth-order valence-corrected chi connectivity index (χ4v) is 1.72. The number of carbonyl (C=O) groups excluding carboxylic acids is 1. The second-order valence-corrected chi connectivity index (χ2v) is 3.79. The maximum absolute atomic E-state index is 13.4. The van der Waals surface area contributed by atoms with Crippen molar-refractivity contribution in [3.05, 3.63) is 29.6 Å². The van der Waals surface area contributed by atoms with Gasteiger partial charge in [0.05, 0.1) is 0 Å². The summed E-state index contributed by atoms with van der Waals surface area (Å²) in [5, 5.41) is 0. The molecule has 1 fully saturated rings. The van der Waals surface area contributed by atoms with Gasteiger partial charge in [0.2, 0.25) is 0 Å². The van der Waals surface area contributed by atoms with Gasteiger partial charge in [-0.3, -0.25) is 4.79 Å². The third-order valence-corrected chi connectivity index (χ3v) is 2.64. The van der Waals surface area contributed by atoms with Crippen molar-refractivity contribution >= 4 is 5.78 Å². The predicted molar refractivity (Wildman–Crippen MR) is 50.1 cm³/mol. The number of carbonyl (C=O) groups is 1.